The quantitative estimate of drug-likeness (QED) is 0.242. The molecule has 13 heteroatoms. The standard InChI is InChI=1S/C33H31NO12/c1-17(35)42-16-28-30(43-18(2)36)32(45-20(4)38)31(44-19(3)37)29(46-28)24-14-27(40)25(15-26(24)39)34-33(41)23-12-10-22(11-13-23)21-8-6-5-7-9-21/h5-15,28-32H,16H2,1-4H3,(H,34,41)/t28-,29+,30-,31+,32+/m1/s1. The second-order valence-corrected chi connectivity index (χ2v) is 10.4. The van der Waals surface area contributed by atoms with Gasteiger partial charge in [-0.2, -0.15) is 0 Å². The molecular weight excluding hydrogens is 602 g/mol. The average Bonchev–Trinajstić information content (AvgIpc) is 3.00. The van der Waals surface area contributed by atoms with E-state index in [4.69, 9.17) is 23.7 Å². The van der Waals surface area contributed by atoms with Gasteiger partial charge in [0.1, 0.15) is 18.8 Å². The van der Waals surface area contributed by atoms with Crippen LogP contribution in [0.4, 0.5) is 0 Å². The summed E-state index contributed by atoms with van der Waals surface area (Å²) in [5.41, 5.74) is 1.42. The van der Waals surface area contributed by atoms with Crippen LogP contribution in [0.25, 0.3) is 11.1 Å². The number of allylic oxidation sites excluding steroid dienone is 2. The maximum atomic E-state index is 13.4. The lowest BCUT2D eigenvalue weighted by molar-refractivity contribution is -0.246. The van der Waals surface area contributed by atoms with Crippen molar-refractivity contribution in [1.82, 2.24) is 5.32 Å². The summed E-state index contributed by atoms with van der Waals surface area (Å²) in [5, 5.41) is 2.44. The van der Waals surface area contributed by atoms with Crippen LogP contribution in [-0.2, 0) is 52.5 Å². The van der Waals surface area contributed by atoms with E-state index in [1.165, 1.54) is 0 Å². The second kappa shape index (κ2) is 14.6. The summed E-state index contributed by atoms with van der Waals surface area (Å²) in [6.07, 6.45) is -5.61. The minimum atomic E-state index is -1.57. The van der Waals surface area contributed by atoms with Gasteiger partial charge in [0.2, 0.25) is 5.78 Å². The third kappa shape index (κ3) is 8.18. The van der Waals surface area contributed by atoms with Crippen LogP contribution in [0.5, 0.6) is 0 Å². The predicted octanol–water partition coefficient (Wildman–Crippen LogP) is 2.17. The molecule has 0 aromatic heterocycles. The van der Waals surface area contributed by atoms with Gasteiger partial charge < -0.3 is 29.0 Å². The molecule has 1 aliphatic heterocycles. The van der Waals surface area contributed by atoms with E-state index >= 15 is 0 Å². The predicted molar refractivity (Wildman–Crippen MR) is 157 cm³/mol. The van der Waals surface area contributed by atoms with Gasteiger partial charge in [-0.05, 0) is 29.3 Å². The van der Waals surface area contributed by atoms with E-state index in [1.807, 2.05) is 30.3 Å². The van der Waals surface area contributed by atoms with Gasteiger partial charge in [0, 0.05) is 44.9 Å². The fraction of sp³-hybridized carbons (Fsp3) is 0.303. The lowest BCUT2D eigenvalue weighted by Crippen LogP contribution is -2.63. The fourth-order valence-corrected chi connectivity index (χ4v) is 5.01. The van der Waals surface area contributed by atoms with Crippen molar-refractivity contribution >= 4 is 41.4 Å². The van der Waals surface area contributed by atoms with Crippen LogP contribution in [0.3, 0.4) is 0 Å². The molecular formula is C33H31NO12. The van der Waals surface area contributed by atoms with E-state index in [9.17, 15) is 33.6 Å². The first kappa shape index (κ1) is 33.5. The Balaban J connectivity index is 1.61. The SMILES string of the molecule is CC(=O)OC[C@H]1O[C@@H](C2=CC(=O)C(NC(=O)c3ccc(-c4ccccc4)cc3)=CC2=O)[C@H](OC(C)=O)[C@@H](OC(C)=O)[C@@H]1OC(C)=O. The zero-order valence-electron chi connectivity index (χ0n) is 25.3. The molecule has 46 heavy (non-hydrogen) atoms. The van der Waals surface area contributed by atoms with E-state index < -0.39 is 78.5 Å². The lowest BCUT2D eigenvalue weighted by Gasteiger charge is -2.45. The van der Waals surface area contributed by atoms with Crippen molar-refractivity contribution in [3.05, 3.63) is 83.6 Å². The van der Waals surface area contributed by atoms with Gasteiger partial charge in [-0.15, -0.1) is 0 Å². The Hall–Kier alpha value is -5.43. The topological polar surface area (TPSA) is 178 Å². The van der Waals surface area contributed by atoms with Crippen molar-refractivity contribution < 1.29 is 57.2 Å². The Bertz CT molecular complexity index is 1610. The Morgan fingerprint density at radius 2 is 1.24 bits per heavy atom. The first-order valence-electron chi connectivity index (χ1n) is 14.1. The summed E-state index contributed by atoms with van der Waals surface area (Å²) in [4.78, 5) is 87.3. The third-order valence-corrected chi connectivity index (χ3v) is 6.91. The van der Waals surface area contributed by atoms with Crippen molar-refractivity contribution in [1.29, 1.82) is 0 Å². The Labute approximate surface area is 263 Å². The monoisotopic (exact) mass is 633 g/mol. The molecule has 5 atom stereocenters. The highest BCUT2D eigenvalue weighted by Gasteiger charge is 2.54. The van der Waals surface area contributed by atoms with Gasteiger partial charge in [-0.3, -0.25) is 33.6 Å². The Morgan fingerprint density at radius 3 is 1.83 bits per heavy atom. The molecule has 0 bridgehead atoms. The van der Waals surface area contributed by atoms with Gasteiger partial charge >= 0.3 is 23.9 Å². The van der Waals surface area contributed by atoms with Crippen LogP contribution < -0.4 is 5.32 Å². The van der Waals surface area contributed by atoms with E-state index in [2.05, 4.69) is 5.32 Å². The van der Waals surface area contributed by atoms with E-state index in [1.54, 1.807) is 24.3 Å². The van der Waals surface area contributed by atoms with Gasteiger partial charge in [0.15, 0.2) is 24.1 Å². The van der Waals surface area contributed by atoms with Crippen molar-refractivity contribution in [3.8, 4) is 11.1 Å². The number of ether oxygens (including phenoxy) is 5. The minimum Gasteiger partial charge on any atom is -0.463 e. The molecule has 0 radical (unpaired) electrons. The number of rotatable bonds is 9. The van der Waals surface area contributed by atoms with Gasteiger partial charge in [-0.25, -0.2) is 0 Å². The van der Waals surface area contributed by atoms with Crippen LogP contribution in [0, 0.1) is 0 Å². The summed E-state index contributed by atoms with van der Waals surface area (Å²) in [5.74, 6) is -5.47. The number of carbonyl (C=O) groups excluding carboxylic acids is 7. The number of nitrogens with one attached hydrogen (secondary N) is 1. The Kier molecular flexibility index (Phi) is 10.6. The summed E-state index contributed by atoms with van der Waals surface area (Å²) in [7, 11) is 0. The number of carbonyl (C=O) groups is 7. The molecule has 1 N–H and O–H groups in total. The molecule has 1 amide bonds. The second-order valence-electron chi connectivity index (χ2n) is 10.4. The minimum absolute atomic E-state index is 0.232. The number of ketones is 2. The van der Waals surface area contributed by atoms with Crippen LogP contribution in [0.15, 0.2) is 78.0 Å². The molecule has 13 nitrogen and oxygen atoms in total. The maximum absolute atomic E-state index is 13.4. The van der Waals surface area contributed by atoms with E-state index in [0.29, 0.717) is 0 Å². The zero-order chi connectivity index (χ0) is 33.5. The molecule has 1 saturated heterocycles. The van der Waals surface area contributed by atoms with E-state index in [-0.39, 0.29) is 16.8 Å². The fourth-order valence-electron chi connectivity index (χ4n) is 5.01. The van der Waals surface area contributed by atoms with Gasteiger partial charge in [-0.1, -0.05) is 42.5 Å². The largest absolute Gasteiger partial charge is 0.463 e. The molecule has 1 aliphatic carbocycles. The molecule has 0 spiro atoms. The van der Waals surface area contributed by atoms with Crippen molar-refractivity contribution in [2.75, 3.05) is 6.61 Å². The number of esters is 4. The number of hydrogen-bond donors (Lipinski definition) is 1. The molecule has 2 aromatic rings. The Morgan fingerprint density at radius 1 is 0.674 bits per heavy atom. The highest BCUT2D eigenvalue weighted by molar-refractivity contribution is 6.21. The summed E-state index contributed by atoms with van der Waals surface area (Å²) < 4.78 is 27.1. The molecule has 1 heterocycles. The summed E-state index contributed by atoms with van der Waals surface area (Å²) in [6, 6.07) is 16.1. The van der Waals surface area contributed by atoms with Crippen LogP contribution in [-0.4, -0.2) is 78.5 Å². The highest BCUT2D eigenvalue weighted by atomic mass is 16.7. The maximum Gasteiger partial charge on any atom is 0.303 e. The molecule has 240 valence electrons. The first-order valence-corrected chi connectivity index (χ1v) is 14.1. The molecule has 4 rings (SSSR count). The van der Waals surface area contributed by atoms with Crippen molar-refractivity contribution in [3.63, 3.8) is 0 Å². The van der Waals surface area contributed by atoms with Crippen molar-refractivity contribution in [2.24, 2.45) is 0 Å². The van der Waals surface area contributed by atoms with Crippen LogP contribution >= 0.6 is 0 Å². The zero-order valence-corrected chi connectivity index (χ0v) is 25.3. The summed E-state index contributed by atoms with van der Waals surface area (Å²) >= 11 is 0. The third-order valence-electron chi connectivity index (χ3n) is 6.91. The molecule has 2 aliphatic rings. The molecule has 2 aromatic carbocycles. The molecule has 0 unspecified atom stereocenters. The summed E-state index contributed by atoms with van der Waals surface area (Å²) in [6.45, 7) is 3.80. The molecule has 1 fully saturated rings. The lowest BCUT2D eigenvalue weighted by atomic mass is 9.86. The first-order chi connectivity index (χ1) is 21.8. The molecule has 0 saturated carbocycles. The van der Waals surface area contributed by atoms with Gasteiger partial charge in [0.25, 0.3) is 5.91 Å². The average molecular weight is 634 g/mol. The number of benzene rings is 2. The normalized spacial score (nSPS) is 22.5. The smallest absolute Gasteiger partial charge is 0.303 e. The van der Waals surface area contributed by atoms with Crippen molar-refractivity contribution in [2.45, 2.75) is 58.2 Å². The van der Waals surface area contributed by atoms with Gasteiger partial charge in [0.05, 0.1) is 5.70 Å². The van der Waals surface area contributed by atoms with E-state index in [0.717, 1.165) is 51.0 Å². The highest BCUT2D eigenvalue weighted by Crippen LogP contribution is 2.34. The number of hydrogen-bond acceptors (Lipinski definition) is 12. The number of amides is 1. The van der Waals surface area contributed by atoms with Crippen LogP contribution in [0.2, 0.25) is 0 Å². The van der Waals surface area contributed by atoms with Crippen LogP contribution in [0.1, 0.15) is 38.1 Å².